The van der Waals surface area contributed by atoms with E-state index in [2.05, 4.69) is 5.32 Å². The predicted octanol–water partition coefficient (Wildman–Crippen LogP) is 3.75. The maximum atomic E-state index is 13.7. The molecule has 0 saturated carbocycles. The molecule has 2 rings (SSSR count). The molecule has 0 fully saturated rings. The second-order valence-corrected chi connectivity index (χ2v) is 4.83. The van der Waals surface area contributed by atoms with Crippen LogP contribution in [-0.2, 0) is 0 Å². The van der Waals surface area contributed by atoms with Gasteiger partial charge in [-0.3, -0.25) is 4.79 Å². The molecule has 2 aromatic rings. The van der Waals surface area contributed by atoms with E-state index in [-0.39, 0.29) is 11.3 Å². The summed E-state index contributed by atoms with van der Waals surface area (Å²) in [7, 11) is 1.44. The number of benzene rings is 2. The van der Waals surface area contributed by atoms with E-state index in [1.165, 1.54) is 19.2 Å². The Bertz CT molecular complexity index is 704. The minimum Gasteiger partial charge on any atom is -0.508 e. The summed E-state index contributed by atoms with van der Waals surface area (Å²) >= 11 is 5.98. The number of carbonyl (C=O) groups excluding carboxylic acids is 1. The molecule has 0 aliphatic carbocycles. The number of halogens is 2. The van der Waals surface area contributed by atoms with Crippen LogP contribution in [0.4, 0.5) is 10.1 Å². The summed E-state index contributed by atoms with van der Waals surface area (Å²) in [5, 5.41) is 12.2. The van der Waals surface area contributed by atoms with Gasteiger partial charge in [0.25, 0.3) is 5.91 Å². The van der Waals surface area contributed by atoms with Crippen molar-refractivity contribution in [2.45, 2.75) is 6.92 Å². The van der Waals surface area contributed by atoms with Gasteiger partial charge in [0.05, 0.1) is 18.4 Å². The number of phenols is 1. The third kappa shape index (κ3) is 3.25. The summed E-state index contributed by atoms with van der Waals surface area (Å²) in [6, 6.07) is 6.52. The van der Waals surface area contributed by atoms with Crippen LogP contribution in [0.5, 0.6) is 11.5 Å². The fraction of sp³-hybridized carbons (Fsp3) is 0.133. The van der Waals surface area contributed by atoms with Crippen LogP contribution in [0.3, 0.4) is 0 Å². The van der Waals surface area contributed by atoms with Crippen molar-refractivity contribution in [3.8, 4) is 11.5 Å². The molecule has 110 valence electrons. The lowest BCUT2D eigenvalue weighted by molar-refractivity contribution is 0.102. The standard InChI is InChI=1S/C15H13ClFNO3/c1-8-5-13(14(21-2)7-11(8)16)18-15(20)10-4-3-9(19)6-12(10)17/h3-7,19H,1-2H3,(H,18,20). The van der Waals surface area contributed by atoms with Crippen LogP contribution in [0.1, 0.15) is 15.9 Å². The zero-order valence-corrected chi connectivity index (χ0v) is 12.2. The van der Waals surface area contributed by atoms with Gasteiger partial charge in [0, 0.05) is 17.2 Å². The van der Waals surface area contributed by atoms with E-state index < -0.39 is 11.7 Å². The smallest absolute Gasteiger partial charge is 0.258 e. The van der Waals surface area contributed by atoms with E-state index in [1.807, 2.05) is 0 Å². The summed E-state index contributed by atoms with van der Waals surface area (Å²) in [4.78, 5) is 12.1. The van der Waals surface area contributed by atoms with Crippen molar-refractivity contribution in [3.05, 3.63) is 52.3 Å². The molecule has 0 atom stereocenters. The van der Waals surface area contributed by atoms with Crippen LogP contribution < -0.4 is 10.1 Å². The molecule has 6 heteroatoms. The lowest BCUT2D eigenvalue weighted by Gasteiger charge is -2.12. The van der Waals surface area contributed by atoms with E-state index >= 15 is 0 Å². The molecule has 2 N–H and O–H groups in total. The Labute approximate surface area is 126 Å². The van der Waals surface area contributed by atoms with Crippen molar-refractivity contribution in [2.75, 3.05) is 12.4 Å². The van der Waals surface area contributed by atoms with Gasteiger partial charge >= 0.3 is 0 Å². The number of rotatable bonds is 3. The first-order valence-electron chi connectivity index (χ1n) is 6.06. The number of carbonyl (C=O) groups is 1. The molecular weight excluding hydrogens is 297 g/mol. The van der Waals surface area contributed by atoms with Gasteiger partial charge in [-0.1, -0.05) is 11.6 Å². The van der Waals surface area contributed by atoms with E-state index in [0.717, 1.165) is 11.6 Å². The van der Waals surface area contributed by atoms with Crippen molar-refractivity contribution in [3.63, 3.8) is 0 Å². The van der Waals surface area contributed by atoms with E-state index in [0.29, 0.717) is 16.5 Å². The van der Waals surface area contributed by atoms with E-state index in [9.17, 15) is 9.18 Å². The predicted molar refractivity (Wildman–Crippen MR) is 78.8 cm³/mol. The average Bonchev–Trinajstić information content (AvgIpc) is 2.42. The maximum absolute atomic E-state index is 13.7. The van der Waals surface area contributed by atoms with Crippen LogP contribution in [0, 0.1) is 12.7 Å². The van der Waals surface area contributed by atoms with Crippen LogP contribution >= 0.6 is 11.6 Å². The summed E-state index contributed by atoms with van der Waals surface area (Å²) < 4.78 is 18.8. The van der Waals surface area contributed by atoms with Gasteiger partial charge in [-0.05, 0) is 30.7 Å². The largest absolute Gasteiger partial charge is 0.508 e. The average molecular weight is 310 g/mol. The normalized spacial score (nSPS) is 10.3. The minimum absolute atomic E-state index is 0.178. The molecule has 0 bridgehead atoms. The molecule has 2 aromatic carbocycles. The van der Waals surface area contributed by atoms with Crippen molar-refractivity contribution in [1.82, 2.24) is 0 Å². The van der Waals surface area contributed by atoms with Crippen LogP contribution in [0.25, 0.3) is 0 Å². The molecule has 0 aliphatic rings. The molecule has 0 radical (unpaired) electrons. The fourth-order valence-corrected chi connectivity index (χ4v) is 1.96. The summed E-state index contributed by atoms with van der Waals surface area (Å²) in [6.07, 6.45) is 0. The van der Waals surface area contributed by atoms with Gasteiger partial charge in [0.1, 0.15) is 17.3 Å². The number of anilines is 1. The Kier molecular flexibility index (Phi) is 4.33. The molecular formula is C15H13ClFNO3. The third-order valence-electron chi connectivity index (χ3n) is 2.93. The fourth-order valence-electron chi connectivity index (χ4n) is 1.81. The Morgan fingerprint density at radius 1 is 1.33 bits per heavy atom. The van der Waals surface area contributed by atoms with Crippen LogP contribution in [-0.4, -0.2) is 18.1 Å². The third-order valence-corrected chi connectivity index (χ3v) is 3.33. The van der Waals surface area contributed by atoms with Crippen molar-refractivity contribution < 1.29 is 19.0 Å². The number of nitrogens with one attached hydrogen (secondary N) is 1. The second-order valence-electron chi connectivity index (χ2n) is 4.42. The van der Waals surface area contributed by atoms with Gasteiger partial charge in [-0.15, -0.1) is 0 Å². The Balaban J connectivity index is 2.33. The number of hydrogen-bond donors (Lipinski definition) is 2. The van der Waals surface area contributed by atoms with Crippen molar-refractivity contribution in [2.24, 2.45) is 0 Å². The zero-order chi connectivity index (χ0) is 15.6. The van der Waals surface area contributed by atoms with Gasteiger partial charge < -0.3 is 15.2 Å². The highest BCUT2D eigenvalue weighted by Crippen LogP contribution is 2.31. The highest BCUT2D eigenvalue weighted by molar-refractivity contribution is 6.31. The number of phenolic OH excluding ortho intramolecular Hbond substituents is 1. The van der Waals surface area contributed by atoms with Gasteiger partial charge in [0.2, 0.25) is 0 Å². The van der Waals surface area contributed by atoms with Gasteiger partial charge in [0.15, 0.2) is 0 Å². The quantitative estimate of drug-likeness (QED) is 0.907. The minimum atomic E-state index is -0.808. The number of hydrogen-bond acceptors (Lipinski definition) is 3. The highest BCUT2D eigenvalue weighted by Gasteiger charge is 2.15. The molecule has 0 aliphatic heterocycles. The number of methoxy groups -OCH3 is 1. The van der Waals surface area contributed by atoms with Crippen LogP contribution in [0.2, 0.25) is 5.02 Å². The van der Waals surface area contributed by atoms with E-state index in [1.54, 1.807) is 19.1 Å². The Morgan fingerprint density at radius 3 is 2.67 bits per heavy atom. The highest BCUT2D eigenvalue weighted by atomic mass is 35.5. The molecule has 1 amide bonds. The second kappa shape index (κ2) is 6.01. The maximum Gasteiger partial charge on any atom is 0.258 e. The SMILES string of the molecule is COc1cc(Cl)c(C)cc1NC(=O)c1ccc(O)cc1F. The molecule has 0 heterocycles. The number of amides is 1. The molecule has 4 nitrogen and oxygen atoms in total. The van der Waals surface area contributed by atoms with Crippen molar-refractivity contribution >= 4 is 23.2 Å². The first kappa shape index (κ1) is 15.1. The molecule has 0 aromatic heterocycles. The summed E-state index contributed by atoms with van der Waals surface area (Å²) in [6.45, 7) is 1.78. The van der Waals surface area contributed by atoms with Crippen molar-refractivity contribution in [1.29, 1.82) is 0 Å². The van der Waals surface area contributed by atoms with Gasteiger partial charge in [-0.2, -0.15) is 0 Å². The number of ether oxygens (including phenoxy) is 1. The van der Waals surface area contributed by atoms with E-state index in [4.69, 9.17) is 21.4 Å². The Morgan fingerprint density at radius 2 is 2.05 bits per heavy atom. The van der Waals surface area contributed by atoms with Gasteiger partial charge in [-0.25, -0.2) is 4.39 Å². The number of aromatic hydroxyl groups is 1. The molecule has 0 unspecified atom stereocenters. The first-order valence-corrected chi connectivity index (χ1v) is 6.44. The lowest BCUT2D eigenvalue weighted by Crippen LogP contribution is -2.14. The lowest BCUT2D eigenvalue weighted by atomic mass is 10.1. The zero-order valence-electron chi connectivity index (χ0n) is 11.4. The topological polar surface area (TPSA) is 58.6 Å². The monoisotopic (exact) mass is 309 g/mol. The molecule has 0 saturated heterocycles. The summed E-state index contributed by atoms with van der Waals surface area (Å²) in [5.41, 5.74) is 0.957. The number of aryl methyl sites for hydroxylation is 1. The Hall–Kier alpha value is -2.27. The summed E-state index contributed by atoms with van der Waals surface area (Å²) in [5.74, 6) is -1.33. The van der Waals surface area contributed by atoms with Crippen LogP contribution in [0.15, 0.2) is 30.3 Å². The molecule has 21 heavy (non-hydrogen) atoms. The first-order chi connectivity index (χ1) is 9.92. The molecule has 0 spiro atoms.